The molecule has 1 aliphatic heterocycles. The minimum atomic E-state index is -0.691. The van der Waals surface area contributed by atoms with Crippen molar-refractivity contribution < 1.29 is 23.8 Å². The van der Waals surface area contributed by atoms with Crippen molar-refractivity contribution >= 4 is 18.0 Å². The second-order valence-corrected chi connectivity index (χ2v) is 7.51. The van der Waals surface area contributed by atoms with E-state index in [2.05, 4.69) is 9.30 Å². The predicted molar refractivity (Wildman–Crippen MR) is 114 cm³/mol. The average Bonchev–Trinajstić information content (AvgIpc) is 3.39. The van der Waals surface area contributed by atoms with E-state index >= 15 is 0 Å². The molecule has 1 aromatic carbocycles. The highest BCUT2D eigenvalue weighted by Crippen LogP contribution is 2.22. The zero-order chi connectivity index (χ0) is 22.4. The summed E-state index contributed by atoms with van der Waals surface area (Å²) in [6, 6.07) is 10.4. The van der Waals surface area contributed by atoms with Gasteiger partial charge in [0, 0.05) is 24.5 Å². The first-order valence-electron chi connectivity index (χ1n) is 10.2. The Morgan fingerprint density at radius 1 is 1.29 bits per heavy atom. The summed E-state index contributed by atoms with van der Waals surface area (Å²) >= 11 is 0. The van der Waals surface area contributed by atoms with Crippen molar-refractivity contribution in [3.05, 3.63) is 64.0 Å². The molecule has 2 heterocycles. The third-order valence-corrected chi connectivity index (χ3v) is 5.41. The van der Waals surface area contributed by atoms with Gasteiger partial charge in [0.15, 0.2) is 0 Å². The van der Waals surface area contributed by atoms with E-state index in [1.54, 1.807) is 30.3 Å². The van der Waals surface area contributed by atoms with Gasteiger partial charge in [0.1, 0.15) is 18.2 Å². The first kappa shape index (κ1) is 22.3. The van der Waals surface area contributed by atoms with Crippen molar-refractivity contribution in [3.63, 3.8) is 0 Å². The van der Waals surface area contributed by atoms with Gasteiger partial charge in [-0.25, -0.2) is 9.59 Å². The molecule has 0 N–H and O–H groups in total. The van der Waals surface area contributed by atoms with Gasteiger partial charge in [0.05, 0.1) is 18.8 Å². The molecule has 7 heteroatoms. The molecule has 0 aliphatic carbocycles. The van der Waals surface area contributed by atoms with Gasteiger partial charge in [-0.15, -0.1) is 0 Å². The fraction of sp³-hybridized carbons (Fsp3) is 0.375. The van der Waals surface area contributed by atoms with Crippen LogP contribution in [-0.4, -0.2) is 36.3 Å². The summed E-state index contributed by atoms with van der Waals surface area (Å²) in [6.45, 7) is 5.53. The lowest BCUT2D eigenvalue weighted by Gasteiger charge is -2.14. The highest BCUT2D eigenvalue weighted by Gasteiger charge is 2.19. The van der Waals surface area contributed by atoms with Crippen molar-refractivity contribution in [2.75, 3.05) is 13.7 Å². The number of nitriles is 1. The van der Waals surface area contributed by atoms with Gasteiger partial charge in [0.25, 0.3) is 0 Å². The second-order valence-electron chi connectivity index (χ2n) is 7.51. The summed E-state index contributed by atoms with van der Waals surface area (Å²) in [5.41, 5.74) is 3.89. The molecule has 0 amide bonds. The molecule has 2 aromatic rings. The van der Waals surface area contributed by atoms with Gasteiger partial charge in [-0.3, -0.25) is 0 Å². The maximum Gasteiger partial charge on any atom is 0.349 e. The number of carbonyl (C=O) groups is 2. The van der Waals surface area contributed by atoms with Gasteiger partial charge in [-0.1, -0.05) is 12.1 Å². The Balaban J connectivity index is 1.67. The Bertz CT molecular complexity index is 1020. The summed E-state index contributed by atoms with van der Waals surface area (Å²) in [7, 11) is 1.31. The van der Waals surface area contributed by atoms with Crippen LogP contribution < -0.4 is 0 Å². The molecule has 31 heavy (non-hydrogen) atoms. The molecule has 0 radical (unpaired) electrons. The summed E-state index contributed by atoms with van der Waals surface area (Å²) in [6.07, 6.45) is 3.88. The Morgan fingerprint density at radius 2 is 2.03 bits per heavy atom. The van der Waals surface area contributed by atoms with E-state index in [9.17, 15) is 14.9 Å². The average molecular weight is 422 g/mol. The van der Waals surface area contributed by atoms with Crippen molar-refractivity contribution in [1.29, 1.82) is 5.26 Å². The van der Waals surface area contributed by atoms with Crippen molar-refractivity contribution in [3.8, 4) is 6.07 Å². The fourth-order valence-electron chi connectivity index (χ4n) is 3.62. The molecule has 1 atom stereocenters. The van der Waals surface area contributed by atoms with Crippen LogP contribution in [0.25, 0.3) is 6.08 Å². The topological polar surface area (TPSA) is 90.5 Å². The number of hydrogen-bond donors (Lipinski definition) is 0. The summed E-state index contributed by atoms with van der Waals surface area (Å²) in [4.78, 5) is 23.9. The van der Waals surface area contributed by atoms with Crippen molar-refractivity contribution in [2.24, 2.45) is 0 Å². The Hall–Kier alpha value is -3.37. The van der Waals surface area contributed by atoms with Gasteiger partial charge >= 0.3 is 11.9 Å². The van der Waals surface area contributed by atoms with Gasteiger partial charge in [-0.2, -0.15) is 5.26 Å². The third kappa shape index (κ3) is 5.41. The van der Waals surface area contributed by atoms with E-state index in [-0.39, 0.29) is 18.3 Å². The highest BCUT2D eigenvalue weighted by atomic mass is 16.5. The number of benzene rings is 1. The largest absolute Gasteiger partial charge is 0.465 e. The Morgan fingerprint density at radius 3 is 2.65 bits per heavy atom. The monoisotopic (exact) mass is 422 g/mol. The molecule has 0 unspecified atom stereocenters. The summed E-state index contributed by atoms with van der Waals surface area (Å²) < 4.78 is 17.8. The Labute approximate surface area is 181 Å². The lowest BCUT2D eigenvalue weighted by atomic mass is 10.1. The molecule has 1 fully saturated rings. The van der Waals surface area contributed by atoms with Crippen LogP contribution in [-0.2, 0) is 32.2 Å². The van der Waals surface area contributed by atoms with Crippen molar-refractivity contribution in [2.45, 2.75) is 45.9 Å². The number of carbonyl (C=O) groups excluding carboxylic acids is 2. The number of ether oxygens (including phenoxy) is 3. The standard InChI is InChI=1S/C24H26N2O5/c1-16-11-20(17(2)26(16)14-22-5-4-10-30-22)12-21(13-25)24(28)31-15-18-6-8-19(9-7-18)23(27)29-3/h6-9,11-12,22H,4-5,10,14-15H2,1-3H3/b21-12+/t22-/m0/s1. The number of methoxy groups -OCH3 is 1. The van der Waals surface area contributed by atoms with Crippen LogP contribution in [0.3, 0.4) is 0 Å². The predicted octanol–water partition coefficient (Wildman–Crippen LogP) is 3.72. The first-order chi connectivity index (χ1) is 14.9. The third-order valence-electron chi connectivity index (χ3n) is 5.41. The quantitative estimate of drug-likeness (QED) is 0.384. The van der Waals surface area contributed by atoms with Gasteiger partial charge in [0.2, 0.25) is 0 Å². The van der Waals surface area contributed by atoms with Crippen LogP contribution in [0, 0.1) is 25.2 Å². The number of aryl methyl sites for hydroxylation is 1. The van der Waals surface area contributed by atoms with Crippen LogP contribution in [0.2, 0.25) is 0 Å². The molecule has 3 rings (SSSR count). The van der Waals surface area contributed by atoms with E-state index in [0.29, 0.717) is 11.1 Å². The minimum Gasteiger partial charge on any atom is -0.465 e. The maximum absolute atomic E-state index is 12.4. The van der Waals surface area contributed by atoms with Crippen LogP contribution in [0.1, 0.15) is 45.7 Å². The SMILES string of the molecule is COC(=O)c1ccc(COC(=O)/C(C#N)=C/c2cc(C)n(C[C@@H]3CCCO3)c2C)cc1. The summed E-state index contributed by atoms with van der Waals surface area (Å²) in [5, 5.41) is 9.48. The number of aromatic nitrogens is 1. The molecule has 1 saturated heterocycles. The molecular weight excluding hydrogens is 396 g/mol. The van der Waals surface area contributed by atoms with E-state index in [4.69, 9.17) is 9.47 Å². The van der Waals surface area contributed by atoms with Gasteiger partial charge < -0.3 is 18.8 Å². The van der Waals surface area contributed by atoms with Crippen LogP contribution in [0.4, 0.5) is 0 Å². The lowest BCUT2D eigenvalue weighted by Crippen LogP contribution is -2.16. The van der Waals surface area contributed by atoms with Gasteiger partial charge in [-0.05, 0) is 62.1 Å². The molecule has 1 aliphatic rings. The maximum atomic E-state index is 12.4. The number of hydrogen-bond acceptors (Lipinski definition) is 6. The lowest BCUT2D eigenvalue weighted by molar-refractivity contribution is -0.139. The number of rotatable bonds is 7. The highest BCUT2D eigenvalue weighted by molar-refractivity contribution is 5.98. The fourth-order valence-corrected chi connectivity index (χ4v) is 3.62. The zero-order valence-corrected chi connectivity index (χ0v) is 18.0. The smallest absolute Gasteiger partial charge is 0.349 e. The van der Waals surface area contributed by atoms with Crippen LogP contribution in [0.15, 0.2) is 35.9 Å². The summed E-state index contributed by atoms with van der Waals surface area (Å²) in [5.74, 6) is -1.13. The van der Waals surface area contributed by atoms with E-state index < -0.39 is 11.9 Å². The normalized spacial score (nSPS) is 16.1. The zero-order valence-electron chi connectivity index (χ0n) is 18.0. The molecule has 162 valence electrons. The second kappa shape index (κ2) is 10.1. The molecule has 0 saturated carbocycles. The number of nitrogens with zero attached hydrogens (tertiary/aromatic N) is 2. The van der Waals surface area contributed by atoms with Crippen molar-refractivity contribution in [1.82, 2.24) is 4.57 Å². The van der Waals surface area contributed by atoms with E-state index in [1.165, 1.54) is 7.11 Å². The Kier molecular flexibility index (Phi) is 7.27. The molecule has 0 spiro atoms. The molecular formula is C24H26N2O5. The minimum absolute atomic E-state index is 0.00263. The van der Waals surface area contributed by atoms with Crippen LogP contribution in [0.5, 0.6) is 0 Å². The number of esters is 2. The first-order valence-corrected chi connectivity index (χ1v) is 10.2. The molecule has 7 nitrogen and oxygen atoms in total. The molecule has 0 bridgehead atoms. The van der Waals surface area contributed by atoms with E-state index in [1.807, 2.05) is 26.0 Å². The van der Waals surface area contributed by atoms with Crippen LogP contribution >= 0.6 is 0 Å². The van der Waals surface area contributed by atoms with E-state index in [0.717, 1.165) is 42.9 Å². The molecule has 1 aromatic heterocycles.